The second-order valence-corrected chi connectivity index (χ2v) is 6.09. The minimum absolute atomic E-state index is 0.222. The lowest BCUT2D eigenvalue weighted by atomic mass is 9.92. The molecule has 1 fully saturated rings. The maximum absolute atomic E-state index is 5.98. The predicted octanol–water partition coefficient (Wildman–Crippen LogP) is 2.89. The van der Waals surface area contributed by atoms with Crippen molar-refractivity contribution in [1.29, 1.82) is 0 Å². The molecule has 0 aliphatic heterocycles. The fraction of sp³-hybridized carbons (Fsp3) is 0.529. The van der Waals surface area contributed by atoms with E-state index in [2.05, 4.69) is 29.0 Å². The third kappa shape index (κ3) is 3.30. The minimum Gasteiger partial charge on any atom is -0.497 e. The van der Waals surface area contributed by atoms with Crippen molar-refractivity contribution in [2.24, 2.45) is 0 Å². The average molecular weight is 301 g/mol. The summed E-state index contributed by atoms with van der Waals surface area (Å²) >= 11 is 0. The molecule has 3 rings (SSSR count). The van der Waals surface area contributed by atoms with Crippen LogP contribution in [0.25, 0.3) is 10.9 Å². The summed E-state index contributed by atoms with van der Waals surface area (Å²) in [6.07, 6.45) is 6.48. The van der Waals surface area contributed by atoms with Crippen LogP contribution in [0.4, 0.5) is 0 Å². The van der Waals surface area contributed by atoms with E-state index in [-0.39, 0.29) is 6.10 Å². The monoisotopic (exact) mass is 301 g/mol. The van der Waals surface area contributed by atoms with Gasteiger partial charge in [0.05, 0.1) is 12.6 Å². The number of aromatic nitrogens is 2. The molecule has 2 aromatic rings. The molecule has 0 N–H and O–H groups in total. The summed E-state index contributed by atoms with van der Waals surface area (Å²) in [6.45, 7) is 0. The molecule has 22 heavy (non-hydrogen) atoms. The third-order valence-electron chi connectivity index (χ3n) is 4.41. The van der Waals surface area contributed by atoms with Crippen LogP contribution in [0.15, 0.2) is 24.4 Å². The molecule has 5 heteroatoms. The van der Waals surface area contributed by atoms with Crippen LogP contribution < -0.4 is 9.47 Å². The first-order valence-corrected chi connectivity index (χ1v) is 7.79. The molecule has 0 spiro atoms. The van der Waals surface area contributed by atoms with Gasteiger partial charge in [-0.25, -0.2) is 4.98 Å². The van der Waals surface area contributed by atoms with Crippen LogP contribution in [-0.4, -0.2) is 48.2 Å². The Labute approximate surface area is 131 Å². The highest BCUT2D eigenvalue weighted by Gasteiger charge is 2.24. The number of nitrogens with zero attached hydrogens (tertiary/aromatic N) is 3. The van der Waals surface area contributed by atoms with Gasteiger partial charge in [-0.3, -0.25) is 0 Å². The van der Waals surface area contributed by atoms with Crippen LogP contribution in [0.1, 0.15) is 25.7 Å². The normalized spacial score (nSPS) is 22.0. The zero-order chi connectivity index (χ0) is 15.5. The predicted molar refractivity (Wildman–Crippen MR) is 86.4 cm³/mol. The van der Waals surface area contributed by atoms with Crippen molar-refractivity contribution in [2.45, 2.75) is 37.8 Å². The van der Waals surface area contributed by atoms with Gasteiger partial charge >= 0.3 is 6.01 Å². The van der Waals surface area contributed by atoms with Crippen molar-refractivity contribution in [2.75, 3.05) is 21.2 Å². The molecule has 0 bridgehead atoms. The van der Waals surface area contributed by atoms with Crippen molar-refractivity contribution in [1.82, 2.24) is 14.9 Å². The third-order valence-corrected chi connectivity index (χ3v) is 4.41. The topological polar surface area (TPSA) is 47.5 Å². The zero-order valence-corrected chi connectivity index (χ0v) is 13.5. The molecule has 0 radical (unpaired) electrons. The van der Waals surface area contributed by atoms with Crippen LogP contribution in [0.2, 0.25) is 0 Å². The van der Waals surface area contributed by atoms with Crippen molar-refractivity contribution >= 4 is 10.9 Å². The molecule has 1 aromatic carbocycles. The second-order valence-electron chi connectivity index (χ2n) is 6.09. The molecule has 1 aliphatic carbocycles. The summed E-state index contributed by atoms with van der Waals surface area (Å²) in [5.74, 6) is 0.795. The molecule has 5 nitrogen and oxygen atoms in total. The molecule has 1 aliphatic rings. The van der Waals surface area contributed by atoms with Crippen molar-refractivity contribution in [3.8, 4) is 11.8 Å². The highest BCUT2D eigenvalue weighted by Crippen LogP contribution is 2.25. The van der Waals surface area contributed by atoms with Gasteiger partial charge < -0.3 is 14.4 Å². The first-order chi connectivity index (χ1) is 10.7. The Hall–Kier alpha value is -1.88. The maximum atomic E-state index is 5.98. The number of hydrogen-bond donors (Lipinski definition) is 0. The Morgan fingerprint density at radius 3 is 2.59 bits per heavy atom. The number of ether oxygens (including phenoxy) is 2. The number of hydrogen-bond acceptors (Lipinski definition) is 5. The second kappa shape index (κ2) is 6.48. The Balaban J connectivity index is 1.69. The summed E-state index contributed by atoms with van der Waals surface area (Å²) < 4.78 is 11.2. The van der Waals surface area contributed by atoms with Crippen LogP contribution in [-0.2, 0) is 0 Å². The Bertz CT molecular complexity index is 637. The van der Waals surface area contributed by atoms with E-state index in [1.807, 2.05) is 24.4 Å². The summed E-state index contributed by atoms with van der Waals surface area (Å²) in [7, 11) is 5.94. The van der Waals surface area contributed by atoms with Gasteiger partial charge in [0.1, 0.15) is 11.9 Å². The van der Waals surface area contributed by atoms with E-state index in [1.54, 1.807) is 7.11 Å². The van der Waals surface area contributed by atoms with Gasteiger partial charge in [-0.15, -0.1) is 0 Å². The molecule has 1 saturated carbocycles. The van der Waals surface area contributed by atoms with E-state index in [4.69, 9.17) is 9.47 Å². The molecule has 1 aromatic heterocycles. The van der Waals surface area contributed by atoms with Crippen LogP contribution in [0.5, 0.6) is 11.8 Å². The molecule has 0 atom stereocenters. The molecule has 0 amide bonds. The van der Waals surface area contributed by atoms with Crippen LogP contribution in [0.3, 0.4) is 0 Å². The highest BCUT2D eigenvalue weighted by atomic mass is 16.5. The van der Waals surface area contributed by atoms with Gasteiger partial charge in [-0.05, 0) is 51.9 Å². The SMILES string of the molecule is COc1ccc2cnc(OC3CCC(N(C)C)CC3)nc2c1. The molecule has 0 saturated heterocycles. The lowest BCUT2D eigenvalue weighted by Gasteiger charge is -2.32. The van der Waals surface area contributed by atoms with Crippen LogP contribution >= 0.6 is 0 Å². The largest absolute Gasteiger partial charge is 0.497 e. The van der Waals surface area contributed by atoms with E-state index < -0.39 is 0 Å². The van der Waals surface area contributed by atoms with E-state index in [9.17, 15) is 0 Å². The van der Waals surface area contributed by atoms with Gasteiger partial charge in [-0.1, -0.05) is 0 Å². The van der Waals surface area contributed by atoms with Gasteiger partial charge in [0.2, 0.25) is 0 Å². The first-order valence-electron chi connectivity index (χ1n) is 7.79. The number of rotatable bonds is 4. The Morgan fingerprint density at radius 2 is 1.91 bits per heavy atom. The van der Waals surface area contributed by atoms with Crippen molar-refractivity contribution in [3.63, 3.8) is 0 Å². The smallest absolute Gasteiger partial charge is 0.317 e. The van der Waals surface area contributed by atoms with Crippen molar-refractivity contribution in [3.05, 3.63) is 24.4 Å². The van der Waals surface area contributed by atoms with E-state index >= 15 is 0 Å². The van der Waals surface area contributed by atoms with E-state index in [0.29, 0.717) is 12.1 Å². The van der Waals surface area contributed by atoms with E-state index in [1.165, 1.54) is 12.8 Å². The highest BCUT2D eigenvalue weighted by molar-refractivity contribution is 5.79. The van der Waals surface area contributed by atoms with Crippen molar-refractivity contribution < 1.29 is 9.47 Å². The van der Waals surface area contributed by atoms with E-state index in [0.717, 1.165) is 29.5 Å². The summed E-state index contributed by atoms with van der Waals surface area (Å²) in [5.41, 5.74) is 0.853. The lowest BCUT2D eigenvalue weighted by Crippen LogP contribution is -2.35. The fourth-order valence-corrected chi connectivity index (χ4v) is 3.00. The summed E-state index contributed by atoms with van der Waals surface area (Å²) in [6, 6.07) is 6.91. The summed E-state index contributed by atoms with van der Waals surface area (Å²) in [4.78, 5) is 11.1. The van der Waals surface area contributed by atoms with Crippen LogP contribution in [0, 0.1) is 0 Å². The Morgan fingerprint density at radius 1 is 1.14 bits per heavy atom. The lowest BCUT2D eigenvalue weighted by molar-refractivity contribution is 0.103. The fourth-order valence-electron chi connectivity index (χ4n) is 3.00. The molecular formula is C17H23N3O2. The molecule has 0 unspecified atom stereocenters. The summed E-state index contributed by atoms with van der Waals surface area (Å²) in [5, 5.41) is 0.990. The maximum Gasteiger partial charge on any atom is 0.317 e. The number of benzene rings is 1. The minimum atomic E-state index is 0.222. The van der Waals surface area contributed by atoms with Gasteiger partial charge in [0, 0.05) is 23.7 Å². The number of fused-ring (bicyclic) bond motifs is 1. The molecule has 1 heterocycles. The Kier molecular flexibility index (Phi) is 4.43. The average Bonchev–Trinajstić information content (AvgIpc) is 2.54. The van der Waals surface area contributed by atoms with Gasteiger partial charge in [0.25, 0.3) is 0 Å². The molecular weight excluding hydrogens is 278 g/mol. The zero-order valence-electron chi connectivity index (χ0n) is 13.5. The standard InChI is InChI=1S/C17H23N3O2/c1-20(2)13-5-8-14(9-6-13)22-17-18-11-12-4-7-15(21-3)10-16(12)19-17/h4,7,10-11,13-14H,5-6,8-9H2,1-3H3. The number of methoxy groups -OCH3 is 1. The molecule has 118 valence electrons. The quantitative estimate of drug-likeness (QED) is 0.869. The first kappa shape index (κ1) is 15.0. The van der Waals surface area contributed by atoms with Gasteiger partial charge in [-0.2, -0.15) is 4.98 Å². The van der Waals surface area contributed by atoms with Gasteiger partial charge in [0.15, 0.2) is 0 Å².